The molecule has 0 N–H and O–H groups in total. The van der Waals surface area contributed by atoms with Crippen molar-refractivity contribution in [3.05, 3.63) is 87.2 Å². The first-order chi connectivity index (χ1) is 15.9. The molecule has 7 heteroatoms. The van der Waals surface area contributed by atoms with Gasteiger partial charge in [-0.3, -0.25) is 9.36 Å². The van der Waals surface area contributed by atoms with Crippen LogP contribution < -0.4 is 10.5 Å². The molecule has 5 rings (SSSR count). The van der Waals surface area contributed by atoms with E-state index in [1.807, 2.05) is 12.1 Å². The Balaban J connectivity index is 1.59. The maximum Gasteiger partial charge on any atom is 0.263 e. The van der Waals surface area contributed by atoms with Gasteiger partial charge in [-0.1, -0.05) is 41.9 Å². The van der Waals surface area contributed by atoms with Crippen molar-refractivity contribution < 1.29 is 4.39 Å². The molecular weight excluding hydrogens is 439 g/mol. The molecule has 5 nitrogen and oxygen atoms in total. The number of anilines is 1. The van der Waals surface area contributed by atoms with Gasteiger partial charge < -0.3 is 4.90 Å². The zero-order valence-electron chi connectivity index (χ0n) is 18.6. The number of rotatable bonds is 4. The van der Waals surface area contributed by atoms with Crippen LogP contribution in [0.1, 0.15) is 17.8 Å². The van der Waals surface area contributed by atoms with Crippen LogP contribution in [0.5, 0.6) is 0 Å². The monoisotopic (exact) mass is 462 g/mol. The van der Waals surface area contributed by atoms with Gasteiger partial charge in [0.25, 0.3) is 5.56 Å². The summed E-state index contributed by atoms with van der Waals surface area (Å²) in [7, 11) is 1.66. The van der Waals surface area contributed by atoms with E-state index in [0.717, 1.165) is 25.9 Å². The molecule has 1 saturated heterocycles. The quantitative estimate of drug-likeness (QED) is 0.420. The molecule has 0 spiro atoms. The molecule has 1 fully saturated rings. The van der Waals surface area contributed by atoms with E-state index >= 15 is 0 Å². The Morgan fingerprint density at radius 1 is 1.12 bits per heavy atom. The highest BCUT2D eigenvalue weighted by Gasteiger charge is 2.26. The summed E-state index contributed by atoms with van der Waals surface area (Å²) in [5.74, 6) is 1.29. The normalized spacial score (nSPS) is 16.0. The molecule has 2 aromatic carbocycles. The fourth-order valence-electron chi connectivity index (χ4n) is 4.57. The Hall–Kier alpha value is -3.25. The highest BCUT2D eigenvalue weighted by Crippen LogP contribution is 2.33. The Morgan fingerprint density at radius 3 is 2.67 bits per heavy atom. The zero-order valence-corrected chi connectivity index (χ0v) is 19.3. The molecule has 1 aliphatic rings. The lowest BCUT2D eigenvalue weighted by atomic mass is 9.99. The minimum Gasteiger partial charge on any atom is -0.356 e. The molecule has 0 radical (unpaired) electrons. The molecule has 4 aromatic rings. The van der Waals surface area contributed by atoms with Crippen molar-refractivity contribution in [1.29, 1.82) is 0 Å². The third-order valence-corrected chi connectivity index (χ3v) is 6.67. The fraction of sp³-hybridized carbons (Fsp3) is 0.269. The standard InChI is InChI=1S/C26H24ClFN4O/c1-16-29-22-14-23(32-11-10-18(15-32)12-17-6-4-3-5-7-17)30-25(24(22)26(33)31(16)2)20-9-8-19(27)13-21(20)28/h3-9,13-14,18H,10-12,15H2,1-2H3. The number of aromatic nitrogens is 3. The van der Waals surface area contributed by atoms with E-state index in [1.165, 1.54) is 16.2 Å². The Bertz CT molecular complexity index is 1400. The van der Waals surface area contributed by atoms with Gasteiger partial charge in [-0.2, -0.15) is 0 Å². The largest absolute Gasteiger partial charge is 0.356 e. The van der Waals surface area contributed by atoms with Crippen LogP contribution in [0.2, 0.25) is 5.02 Å². The van der Waals surface area contributed by atoms with E-state index in [4.69, 9.17) is 16.6 Å². The second-order valence-corrected chi connectivity index (χ2v) is 9.10. The van der Waals surface area contributed by atoms with Crippen molar-refractivity contribution in [1.82, 2.24) is 14.5 Å². The third kappa shape index (κ3) is 4.11. The molecule has 0 amide bonds. The van der Waals surface area contributed by atoms with Crippen LogP contribution in [-0.4, -0.2) is 27.6 Å². The first-order valence-corrected chi connectivity index (χ1v) is 11.4. The molecule has 1 atom stereocenters. The summed E-state index contributed by atoms with van der Waals surface area (Å²) in [5, 5.41) is 0.606. The fourth-order valence-corrected chi connectivity index (χ4v) is 4.73. The number of halogens is 2. The van der Waals surface area contributed by atoms with Crippen molar-refractivity contribution in [2.45, 2.75) is 19.8 Å². The highest BCUT2D eigenvalue weighted by atomic mass is 35.5. The van der Waals surface area contributed by atoms with Gasteiger partial charge >= 0.3 is 0 Å². The summed E-state index contributed by atoms with van der Waals surface area (Å²) in [6.07, 6.45) is 2.05. The van der Waals surface area contributed by atoms with Gasteiger partial charge in [0.15, 0.2) is 0 Å². The first kappa shape index (κ1) is 21.6. The summed E-state index contributed by atoms with van der Waals surface area (Å²) >= 11 is 5.97. The smallest absolute Gasteiger partial charge is 0.263 e. The number of nitrogens with zero attached hydrogens (tertiary/aromatic N) is 4. The topological polar surface area (TPSA) is 51.0 Å². The number of aryl methyl sites for hydroxylation is 1. The molecule has 0 saturated carbocycles. The molecule has 0 bridgehead atoms. The zero-order chi connectivity index (χ0) is 23.1. The Kier molecular flexibility index (Phi) is 5.62. The maximum absolute atomic E-state index is 14.9. The van der Waals surface area contributed by atoms with Gasteiger partial charge in [-0.15, -0.1) is 0 Å². The molecule has 3 heterocycles. The molecular formula is C26H24ClFN4O. The van der Waals surface area contributed by atoms with Crippen LogP contribution in [-0.2, 0) is 13.5 Å². The number of benzene rings is 2. The summed E-state index contributed by atoms with van der Waals surface area (Å²) in [5.41, 5.74) is 2.14. The predicted octanol–water partition coefficient (Wildman–Crippen LogP) is 5.17. The Morgan fingerprint density at radius 2 is 1.91 bits per heavy atom. The average molecular weight is 463 g/mol. The van der Waals surface area contributed by atoms with Crippen LogP contribution in [0.4, 0.5) is 10.2 Å². The van der Waals surface area contributed by atoms with E-state index in [1.54, 1.807) is 26.1 Å². The lowest BCUT2D eigenvalue weighted by molar-refractivity contribution is 0.586. The maximum atomic E-state index is 14.9. The number of hydrogen-bond donors (Lipinski definition) is 0. The Labute approximate surface area is 196 Å². The van der Waals surface area contributed by atoms with E-state index < -0.39 is 5.82 Å². The summed E-state index contributed by atoms with van der Waals surface area (Å²) < 4.78 is 16.4. The highest BCUT2D eigenvalue weighted by molar-refractivity contribution is 6.30. The minimum atomic E-state index is -0.514. The SMILES string of the molecule is Cc1nc2cc(N3CCC(Cc4ccccc4)C3)nc(-c3ccc(Cl)cc3F)c2c(=O)n1C. The van der Waals surface area contributed by atoms with Gasteiger partial charge in [0.05, 0.1) is 16.6 Å². The first-order valence-electron chi connectivity index (χ1n) is 11.0. The van der Waals surface area contributed by atoms with Gasteiger partial charge in [0.2, 0.25) is 0 Å². The number of fused-ring (bicyclic) bond motifs is 1. The molecule has 168 valence electrons. The molecule has 1 unspecified atom stereocenters. The van der Waals surface area contributed by atoms with Crippen LogP contribution in [0, 0.1) is 18.7 Å². The van der Waals surface area contributed by atoms with Crippen molar-refractivity contribution in [3.63, 3.8) is 0 Å². The molecule has 2 aromatic heterocycles. The van der Waals surface area contributed by atoms with E-state index in [-0.39, 0.29) is 11.1 Å². The summed E-state index contributed by atoms with van der Waals surface area (Å²) in [4.78, 5) is 24.8. The molecule has 1 aliphatic heterocycles. The van der Waals surface area contributed by atoms with Crippen molar-refractivity contribution in [3.8, 4) is 11.3 Å². The summed E-state index contributed by atoms with van der Waals surface area (Å²) in [6.45, 7) is 3.48. The second-order valence-electron chi connectivity index (χ2n) is 8.66. The van der Waals surface area contributed by atoms with Crippen LogP contribution >= 0.6 is 11.6 Å². The second kappa shape index (κ2) is 8.60. The molecule has 0 aliphatic carbocycles. The van der Waals surface area contributed by atoms with Crippen molar-refractivity contribution in [2.24, 2.45) is 13.0 Å². The van der Waals surface area contributed by atoms with Crippen LogP contribution in [0.3, 0.4) is 0 Å². The summed E-state index contributed by atoms with van der Waals surface area (Å²) in [6, 6.07) is 16.7. The number of hydrogen-bond acceptors (Lipinski definition) is 4. The lowest BCUT2D eigenvalue weighted by Crippen LogP contribution is -2.24. The number of pyridine rings is 1. The third-order valence-electron chi connectivity index (χ3n) is 6.43. The van der Waals surface area contributed by atoms with Crippen molar-refractivity contribution >= 4 is 28.3 Å². The van der Waals surface area contributed by atoms with E-state index in [2.05, 4.69) is 34.1 Å². The van der Waals surface area contributed by atoms with E-state index in [0.29, 0.717) is 39.2 Å². The van der Waals surface area contributed by atoms with Crippen LogP contribution in [0.25, 0.3) is 22.2 Å². The van der Waals surface area contributed by atoms with Gasteiger partial charge in [-0.25, -0.2) is 14.4 Å². The predicted molar refractivity (Wildman–Crippen MR) is 130 cm³/mol. The van der Waals surface area contributed by atoms with Gasteiger partial charge in [0, 0.05) is 36.8 Å². The van der Waals surface area contributed by atoms with Gasteiger partial charge in [-0.05, 0) is 49.4 Å². The minimum absolute atomic E-state index is 0.244. The van der Waals surface area contributed by atoms with Crippen molar-refractivity contribution in [2.75, 3.05) is 18.0 Å². The van der Waals surface area contributed by atoms with E-state index in [9.17, 15) is 9.18 Å². The van der Waals surface area contributed by atoms with Crippen LogP contribution in [0.15, 0.2) is 59.4 Å². The average Bonchev–Trinajstić information content (AvgIpc) is 3.26. The lowest BCUT2D eigenvalue weighted by Gasteiger charge is -2.20. The molecule has 33 heavy (non-hydrogen) atoms. The van der Waals surface area contributed by atoms with Gasteiger partial charge in [0.1, 0.15) is 17.5 Å².